The standard InChI is InChI=1S/C34H45F3N4O3/c1-33(2,3)41-15-8-10-27-22-30-31(12-7-13-32(30)40(27)25-34(35,36)37)38-23-26(24-39(4)5)14-16-42-17-18-43-19-20-44-29-11-6-9-28(41)21-29/h6-7,9,11-13,21-22,26,38H,14-20,23-25H2,1-5H3. The van der Waals surface area contributed by atoms with Crippen molar-refractivity contribution < 1.29 is 27.4 Å². The Morgan fingerprint density at radius 2 is 1.68 bits per heavy atom. The molecule has 0 fully saturated rings. The van der Waals surface area contributed by atoms with Gasteiger partial charge in [0.15, 0.2) is 0 Å². The van der Waals surface area contributed by atoms with E-state index in [0.717, 1.165) is 24.3 Å². The van der Waals surface area contributed by atoms with E-state index >= 15 is 0 Å². The number of rotatable bonds is 3. The third-order valence-electron chi connectivity index (χ3n) is 7.42. The first kappa shape index (κ1) is 33.5. The summed E-state index contributed by atoms with van der Waals surface area (Å²) >= 11 is 0. The molecular weight excluding hydrogens is 569 g/mol. The van der Waals surface area contributed by atoms with Crippen LogP contribution >= 0.6 is 0 Å². The van der Waals surface area contributed by atoms with Crippen LogP contribution in [-0.2, 0) is 16.0 Å². The Morgan fingerprint density at radius 1 is 0.955 bits per heavy atom. The SMILES string of the molecule is CN(C)CC1CCOCCOCCOc2cccc(c2)N(C(C)(C)C)CC#Cc2cc3c(cccc3n2CC(F)(F)F)NC1. The first-order valence-corrected chi connectivity index (χ1v) is 15.1. The van der Waals surface area contributed by atoms with Gasteiger partial charge in [0.05, 0.1) is 37.6 Å². The Kier molecular flexibility index (Phi) is 11.5. The third-order valence-corrected chi connectivity index (χ3v) is 7.42. The van der Waals surface area contributed by atoms with Gasteiger partial charge in [0.25, 0.3) is 0 Å². The van der Waals surface area contributed by atoms with E-state index in [9.17, 15) is 13.2 Å². The molecule has 1 aromatic heterocycles. The number of hydrogen-bond donors (Lipinski definition) is 1. The zero-order chi connectivity index (χ0) is 31.7. The van der Waals surface area contributed by atoms with Crippen molar-refractivity contribution >= 4 is 22.3 Å². The molecule has 240 valence electrons. The molecule has 1 atom stereocenters. The quantitative estimate of drug-likeness (QED) is 0.352. The van der Waals surface area contributed by atoms with Gasteiger partial charge in [-0.25, -0.2) is 0 Å². The van der Waals surface area contributed by atoms with Crippen LogP contribution in [0.5, 0.6) is 5.75 Å². The molecule has 0 saturated carbocycles. The molecule has 0 amide bonds. The number of halogens is 3. The van der Waals surface area contributed by atoms with Gasteiger partial charge in [-0.2, -0.15) is 13.2 Å². The average Bonchev–Trinajstić information content (AvgIpc) is 3.27. The van der Waals surface area contributed by atoms with E-state index in [1.54, 1.807) is 18.2 Å². The van der Waals surface area contributed by atoms with Crippen LogP contribution < -0.4 is 15.0 Å². The second-order valence-electron chi connectivity index (χ2n) is 12.4. The van der Waals surface area contributed by atoms with Crippen LogP contribution in [0.1, 0.15) is 32.9 Å². The first-order chi connectivity index (χ1) is 20.9. The fraction of sp³-hybridized carbons (Fsp3) is 0.529. The minimum Gasteiger partial charge on any atom is -0.491 e. The highest BCUT2D eigenvalue weighted by Gasteiger charge is 2.30. The molecule has 1 aliphatic rings. The minimum absolute atomic E-state index is 0.270. The second kappa shape index (κ2) is 15.1. The van der Waals surface area contributed by atoms with Gasteiger partial charge in [0.1, 0.15) is 18.9 Å². The predicted octanol–water partition coefficient (Wildman–Crippen LogP) is 6.27. The van der Waals surface area contributed by atoms with Gasteiger partial charge in [-0.15, -0.1) is 0 Å². The maximum atomic E-state index is 13.8. The number of fused-ring (bicyclic) bond motifs is 3. The number of hydrogen-bond acceptors (Lipinski definition) is 6. The number of aromatic nitrogens is 1. The van der Waals surface area contributed by atoms with Gasteiger partial charge in [0, 0.05) is 48.1 Å². The van der Waals surface area contributed by atoms with Crippen LogP contribution in [0.2, 0.25) is 0 Å². The molecular formula is C34H45F3N4O3. The van der Waals surface area contributed by atoms with Gasteiger partial charge < -0.3 is 33.9 Å². The van der Waals surface area contributed by atoms with Crippen LogP contribution in [0.4, 0.5) is 24.5 Å². The molecule has 1 aliphatic heterocycles. The highest BCUT2D eigenvalue weighted by atomic mass is 19.4. The van der Waals surface area contributed by atoms with Crippen molar-refractivity contribution in [2.45, 2.75) is 45.5 Å². The molecule has 7 nitrogen and oxygen atoms in total. The van der Waals surface area contributed by atoms with Crippen LogP contribution in [-0.4, -0.2) is 87.9 Å². The van der Waals surface area contributed by atoms with Crippen molar-refractivity contribution in [3.05, 3.63) is 54.2 Å². The molecule has 10 heteroatoms. The summed E-state index contributed by atoms with van der Waals surface area (Å²) < 4.78 is 60.1. The zero-order valence-corrected chi connectivity index (χ0v) is 26.5. The molecule has 1 N–H and O–H groups in total. The van der Waals surface area contributed by atoms with Crippen LogP contribution in [0.3, 0.4) is 0 Å². The van der Waals surface area contributed by atoms with Crippen molar-refractivity contribution in [3.63, 3.8) is 0 Å². The first-order valence-electron chi connectivity index (χ1n) is 15.1. The molecule has 2 aromatic carbocycles. The van der Waals surface area contributed by atoms with E-state index in [-0.39, 0.29) is 11.5 Å². The van der Waals surface area contributed by atoms with Gasteiger partial charge in [-0.05, 0) is 83.5 Å². The summed E-state index contributed by atoms with van der Waals surface area (Å²) in [6.07, 6.45) is -3.56. The number of anilines is 2. The van der Waals surface area contributed by atoms with E-state index in [1.165, 1.54) is 4.57 Å². The molecule has 0 saturated heterocycles. The summed E-state index contributed by atoms with van der Waals surface area (Å²) in [5.41, 5.74) is 2.22. The van der Waals surface area contributed by atoms with Crippen LogP contribution in [0.15, 0.2) is 48.5 Å². The Hall–Kier alpha value is -3.39. The molecule has 4 bridgehead atoms. The van der Waals surface area contributed by atoms with Gasteiger partial charge in [-0.3, -0.25) is 0 Å². The lowest BCUT2D eigenvalue weighted by Crippen LogP contribution is -2.41. The van der Waals surface area contributed by atoms with Gasteiger partial charge in [-0.1, -0.05) is 18.1 Å². The van der Waals surface area contributed by atoms with Gasteiger partial charge >= 0.3 is 6.18 Å². The molecule has 0 spiro atoms. The van der Waals surface area contributed by atoms with Gasteiger partial charge in [0.2, 0.25) is 0 Å². The third kappa shape index (κ3) is 9.81. The summed E-state index contributed by atoms with van der Waals surface area (Å²) in [6, 6.07) is 15.0. The lowest BCUT2D eigenvalue weighted by molar-refractivity contribution is -0.140. The van der Waals surface area contributed by atoms with Crippen LogP contribution in [0, 0.1) is 17.8 Å². The average molecular weight is 615 g/mol. The van der Waals surface area contributed by atoms with Crippen molar-refractivity contribution in [1.82, 2.24) is 9.47 Å². The number of alkyl halides is 3. The Morgan fingerprint density at radius 3 is 2.41 bits per heavy atom. The van der Waals surface area contributed by atoms with Crippen molar-refractivity contribution in [2.75, 3.05) is 77.0 Å². The van der Waals surface area contributed by atoms with E-state index in [4.69, 9.17) is 14.2 Å². The minimum atomic E-state index is -4.39. The maximum absolute atomic E-state index is 13.8. The fourth-order valence-electron chi connectivity index (χ4n) is 5.38. The van der Waals surface area contributed by atoms with E-state index < -0.39 is 12.7 Å². The lowest BCUT2D eigenvalue weighted by Gasteiger charge is -2.36. The molecule has 4 rings (SSSR count). The summed E-state index contributed by atoms with van der Waals surface area (Å²) in [6.45, 7) is 9.34. The molecule has 2 heterocycles. The highest BCUT2D eigenvalue weighted by Crippen LogP contribution is 2.31. The normalized spacial score (nSPS) is 18.0. The van der Waals surface area contributed by atoms with Crippen molar-refractivity contribution in [3.8, 4) is 17.6 Å². The topological polar surface area (TPSA) is 51.1 Å². The number of ether oxygens (including phenoxy) is 3. The van der Waals surface area contributed by atoms with E-state index in [1.807, 2.05) is 44.4 Å². The highest BCUT2D eigenvalue weighted by molar-refractivity contribution is 5.94. The number of nitrogens with one attached hydrogen (secondary N) is 1. The molecule has 1 unspecified atom stereocenters. The molecule has 0 aliphatic carbocycles. The van der Waals surface area contributed by atoms with E-state index in [0.29, 0.717) is 68.5 Å². The molecule has 0 radical (unpaired) electrons. The largest absolute Gasteiger partial charge is 0.491 e. The molecule has 3 aromatic rings. The van der Waals surface area contributed by atoms with Crippen molar-refractivity contribution in [1.29, 1.82) is 0 Å². The smallest absolute Gasteiger partial charge is 0.406 e. The zero-order valence-electron chi connectivity index (χ0n) is 26.5. The maximum Gasteiger partial charge on any atom is 0.406 e. The summed E-state index contributed by atoms with van der Waals surface area (Å²) in [4.78, 5) is 4.25. The summed E-state index contributed by atoms with van der Waals surface area (Å²) in [7, 11) is 4.06. The Balaban J connectivity index is 1.71. The Labute approximate surface area is 259 Å². The summed E-state index contributed by atoms with van der Waals surface area (Å²) in [5, 5.41) is 4.23. The second-order valence-corrected chi connectivity index (χ2v) is 12.4. The molecule has 44 heavy (non-hydrogen) atoms. The summed E-state index contributed by atoms with van der Waals surface area (Å²) in [5.74, 6) is 7.23. The number of nitrogens with zero attached hydrogens (tertiary/aromatic N) is 3. The van der Waals surface area contributed by atoms with E-state index in [2.05, 4.69) is 47.7 Å². The fourth-order valence-corrected chi connectivity index (χ4v) is 5.38. The predicted molar refractivity (Wildman–Crippen MR) is 171 cm³/mol. The Bertz CT molecular complexity index is 1420. The number of benzene rings is 2. The van der Waals surface area contributed by atoms with Crippen LogP contribution in [0.25, 0.3) is 10.9 Å². The lowest BCUT2D eigenvalue weighted by atomic mass is 10.0. The monoisotopic (exact) mass is 614 g/mol. The van der Waals surface area contributed by atoms with Crippen molar-refractivity contribution in [2.24, 2.45) is 5.92 Å².